The molecule has 3 heterocycles. The molecule has 0 amide bonds. The van der Waals surface area contributed by atoms with E-state index in [1.165, 1.54) is 6.42 Å². The van der Waals surface area contributed by atoms with E-state index in [2.05, 4.69) is 5.10 Å². The summed E-state index contributed by atoms with van der Waals surface area (Å²) in [4.78, 5) is 18.3. The number of rotatable bonds is 3. The van der Waals surface area contributed by atoms with Gasteiger partial charge in [-0.15, -0.1) is 0 Å². The van der Waals surface area contributed by atoms with Crippen LogP contribution >= 0.6 is 0 Å². The van der Waals surface area contributed by atoms with Crippen LogP contribution in [0.2, 0.25) is 0 Å². The predicted molar refractivity (Wildman–Crippen MR) is 103 cm³/mol. The number of furan rings is 1. The van der Waals surface area contributed by atoms with Crippen LogP contribution in [0.25, 0.3) is 28.3 Å². The summed E-state index contributed by atoms with van der Waals surface area (Å²) in [6.45, 7) is 0. The second-order valence-electron chi connectivity index (χ2n) is 7.01. The second kappa shape index (κ2) is 6.54. The summed E-state index contributed by atoms with van der Waals surface area (Å²) in [7, 11) is 0. The third kappa shape index (κ3) is 2.68. The van der Waals surface area contributed by atoms with Gasteiger partial charge in [0.15, 0.2) is 17.2 Å². The number of fused-ring (bicyclic) bond motifs is 1. The van der Waals surface area contributed by atoms with Gasteiger partial charge in [-0.1, -0.05) is 37.5 Å². The molecule has 6 nitrogen and oxygen atoms in total. The third-order valence-electron chi connectivity index (χ3n) is 5.32. The molecule has 0 saturated heterocycles. The molecule has 0 radical (unpaired) electrons. The number of aromatic nitrogens is 4. The molecule has 1 aliphatic rings. The topological polar surface area (TPSA) is 65.8 Å². The van der Waals surface area contributed by atoms with Crippen LogP contribution in [0.5, 0.6) is 0 Å². The van der Waals surface area contributed by atoms with Crippen LogP contribution in [-0.4, -0.2) is 19.3 Å². The van der Waals surface area contributed by atoms with Crippen molar-refractivity contribution in [2.45, 2.75) is 38.1 Å². The Morgan fingerprint density at radius 1 is 1.00 bits per heavy atom. The smallest absolute Gasteiger partial charge is 0.265 e. The number of benzene rings is 1. The third-order valence-corrected chi connectivity index (χ3v) is 5.32. The van der Waals surface area contributed by atoms with E-state index >= 15 is 0 Å². The molecular formula is C21H20N4O2. The normalized spacial score (nSPS) is 15.4. The van der Waals surface area contributed by atoms with Gasteiger partial charge in [0.1, 0.15) is 5.39 Å². The summed E-state index contributed by atoms with van der Waals surface area (Å²) in [6, 6.07) is 13.6. The minimum absolute atomic E-state index is 0.0412. The van der Waals surface area contributed by atoms with Gasteiger partial charge in [-0.25, -0.2) is 9.67 Å². The number of para-hydroxylation sites is 1. The highest BCUT2D eigenvalue weighted by molar-refractivity contribution is 5.77. The zero-order valence-electron chi connectivity index (χ0n) is 14.9. The Morgan fingerprint density at radius 3 is 2.56 bits per heavy atom. The van der Waals surface area contributed by atoms with Crippen molar-refractivity contribution >= 4 is 11.0 Å². The fourth-order valence-electron chi connectivity index (χ4n) is 4.00. The standard InChI is InChI=1S/C21H20N4O2/c26-21-17-14-22-25(16-10-5-2-6-11-16)19(17)23-20(18-12-7-13-27-18)24(21)15-8-3-1-4-9-15/h2,5-7,10-15H,1,3-4,8-9H2. The van der Waals surface area contributed by atoms with E-state index in [-0.39, 0.29) is 11.6 Å². The number of hydrogen-bond acceptors (Lipinski definition) is 4. The maximum Gasteiger partial charge on any atom is 0.265 e. The van der Waals surface area contributed by atoms with Gasteiger partial charge in [0.2, 0.25) is 0 Å². The molecule has 1 fully saturated rings. The maximum absolute atomic E-state index is 13.4. The minimum atomic E-state index is -0.0412. The molecule has 0 aliphatic heterocycles. The highest BCUT2D eigenvalue weighted by Gasteiger charge is 2.25. The van der Waals surface area contributed by atoms with Crippen LogP contribution in [0.1, 0.15) is 38.1 Å². The molecule has 5 rings (SSSR count). The van der Waals surface area contributed by atoms with Gasteiger partial charge in [-0.05, 0) is 37.1 Å². The molecular weight excluding hydrogens is 340 g/mol. The van der Waals surface area contributed by atoms with Crippen LogP contribution in [-0.2, 0) is 0 Å². The van der Waals surface area contributed by atoms with E-state index in [0.29, 0.717) is 22.6 Å². The van der Waals surface area contributed by atoms with Gasteiger partial charge >= 0.3 is 0 Å². The first-order valence-corrected chi connectivity index (χ1v) is 9.42. The van der Waals surface area contributed by atoms with Crippen molar-refractivity contribution in [3.05, 3.63) is 65.3 Å². The van der Waals surface area contributed by atoms with E-state index in [0.717, 1.165) is 31.4 Å². The molecule has 0 spiro atoms. The quantitative estimate of drug-likeness (QED) is 0.545. The lowest BCUT2D eigenvalue weighted by atomic mass is 9.95. The molecule has 4 aromatic rings. The van der Waals surface area contributed by atoms with E-state index in [1.54, 1.807) is 17.1 Å². The summed E-state index contributed by atoms with van der Waals surface area (Å²) >= 11 is 0. The van der Waals surface area contributed by atoms with Crippen molar-refractivity contribution in [1.82, 2.24) is 19.3 Å². The Kier molecular flexibility index (Phi) is 3.89. The molecule has 1 aromatic carbocycles. The van der Waals surface area contributed by atoms with Crippen molar-refractivity contribution in [2.24, 2.45) is 0 Å². The Bertz CT molecular complexity index is 1120. The average molecular weight is 360 g/mol. The van der Waals surface area contributed by atoms with E-state index in [9.17, 15) is 4.79 Å². The first-order chi connectivity index (χ1) is 13.3. The highest BCUT2D eigenvalue weighted by atomic mass is 16.3. The lowest BCUT2D eigenvalue weighted by Crippen LogP contribution is -2.29. The fourth-order valence-corrected chi connectivity index (χ4v) is 4.00. The first kappa shape index (κ1) is 16.1. The average Bonchev–Trinajstić information content (AvgIpc) is 3.39. The molecule has 0 N–H and O–H groups in total. The Balaban J connectivity index is 1.78. The zero-order valence-corrected chi connectivity index (χ0v) is 14.9. The molecule has 1 saturated carbocycles. The lowest BCUT2D eigenvalue weighted by Gasteiger charge is -2.25. The van der Waals surface area contributed by atoms with Gasteiger partial charge in [0.25, 0.3) is 5.56 Å². The van der Waals surface area contributed by atoms with Crippen molar-refractivity contribution in [3.63, 3.8) is 0 Å². The van der Waals surface area contributed by atoms with Gasteiger partial charge in [0, 0.05) is 6.04 Å². The highest BCUT2D eigenvalue weighted by Crippen LogP contribution is 2.31. The monoisotopic (exact) mass is 360 g/mol. The van der Waals surface area contributed by atoms with Crippen LogP contribution in [0.4, 0.5) is 0 Å². The van der Waals surface area contributed by atoms with Crippen LogP contribution in [0.3, 0.4) is 0 Å². The largest absolute Gasteiger partial charge is 0.461 e. The molecule has 0 bridgehead atoms. The first-order valence-electron chi connectivity index (χ1n) is 9.42. The molecule has 27 heavy (non-hydrogen) atoms. The lowest BCUT2D eigenvalue weighted by molar-refractivity contribution is 0.346. The molecule has 3 aromatic heterocycles. The Labute approximate surface area is 156 Å². The SMILES string of the molecule is O=c1c2cnn(-c3ccccc3)c2nc(-c2ccco2)n1C1CCCCC1. The number of hydrogen-bond donors (Lipinski definition) is 0. The molecule has 0 atom stereocenters. The summed E-state index contributed by atoms with van der Waals surface area (Å²) in [5, 5.41) is 4.99. The predicted octanol–water partition coefficient (Wildman–Crippen LogP) is 4.35. The van der Waals surface area contributed by atoms with Gasteiger partial charge < -0.3 is 4.42 Å². The van der Waals surface area contributed by atoms with Crippen LogP contribution in [0.15, 0.2) is 64.1 Å². The van der Waals surface area contributed by atoms with E-state index in [1.807, 2.05) is 47.0 Å². The fraction of sp³-hybridized carbons (Fsp3) is 0.286. The summed E-state index contributed by atoms with van der Waals surface area (Å²) in [6.07, 6.45) is 8.73. The van der Waals surface area contributed by atoms with E-state index in [4.69, 9.17) is 9.40 Å². The maximum atomic E-state index is 13.4. The van der Waals surface area contributed by atoms with Crippen molar-refractivity contribution in [2.75, 3.05) is 0 Å². The van der Waals surface area contributed by atoms with Crippen molar-refractivity contribution in [1.29, 1.82) is 0 Å². The molecule has 136 valence electrons. The molecule has 6 heteroatoms. The van der Waals surface area contributed by atoms with Gasteiger partial charge in [-0.3, -0.25) is 9.36 Å². The van der Waals surface area contributed by atoms with Gasteiger partial charge in [0.05, 0.1) is 18.1 Å². The molecule has 0 unspecified atom stereocenters. The summed E-state index contributed by atoms with van der Waals surface area (Å²) < 4.78 is 9.17. The summed E-state index contributed by atoms with van der Waals surface area (Å²) in [5.41, 5.74) is 1.39. The van der Waals surface area contributed by atoms with Crippen molar-refractivity contribution in [3.8, 4) is 17.3 Å². The Morgan fingerprint density at radius 2 is 1.81 bits per heavy atom. The van der Waals surface area contributed by atoms with Crippen molar-refractivity contribution < 1.29 is 4.42 Å². The Hall–Kier alpha value is -3.15. The van der Waals surface area contributed by atoms with E-state index < -0.39 is 0 Å². The number of nitrogens with zero attached hydrogens (tertiary/aromatic N) is 4. The molecule has 1 aliphatic carbocycles. The second-order valence-corrected chi connectivity index (χ2v) is 7.01. The van der Waals surface area contributed by atoms with Gasteiger partial charge in [-0.2, -0.15) is 5.10 Å². The minimum Gasteiger partial charge on any atom is -0.461 e. The zero-order chi connectivity index (χ0) is 18.2. The van der Waals surface area contributed by atoms with Crippen LogP contribution in [0, 0.1) is 0 Å². The summed E-state index contributed by atoms with van der Waals surface area (Å²) in [5.74, 6) is 1.20. The van der Waals surface area contributed by atoms with Crippen LogP contribution < -0.4 is 5.56 Å².